The molecule has 0 radical (unpaired) electrons. The second-order valence-corrected chi connectivity index (χ2v) is 6.28. The molecule has 1 heterocycles. The zero-order chi connectivity index (χ0) is 18.4. The first-order valence-electron chi connectivity index (χ1n) is 8.25. The lowest BCUT2D eigenvalue weighted by Crippen LogP contribution is -2.29. The number of aliphatic hydroxyl groups is 1. The van der Waals surface area contributed by atoms with Crippen molar-refractivity contribution in [3.63, 3.8) is 0 Å². The summed E-state index contributed by atoms with van der Waals surface area (Å²) in [6.07, 6.45) is 0. The quantitative estimate of drug-likeness (QED) is 0.721. The van der Waals surface area contributed by atoms with E-state index in [1.807, 2.05) is 19.1 Å². The molecule has 1 amide bonds. The third-order valence-corrected chi connectivity index (χ3v) is 3.86. The van der Waals surface area contributed by atoms with Gasteiger partial charge in [-0.05, 0) is 36.6 Å². The van der Waals surface area contributed by atoms with Gasteiger partial charge >= 0.3 is 0 Å². The van der Waals surface area contributed by atoms with Gasteiger partial charge in [0.05, 0.1) is 18.0 Å². The van der Waals surface area contributed by atoms with Crippen LogP contribution in [0.2, 0.25) is 0 Å². The number of aliphatic hydroxyl groups excluding tert-OH is 1. The standard InChI is InChI=1S/C19H24FN3O2/c1-12(9-21-14(3)25)10-22-16-7-17(11-24)23-19(8-16)15-5-4-13(2)18(20)6-15/h4-8,12,24H,9-11H2,1-3H3,(H,21,25)(H,22,23). The number of amides is 1. The molecule has 25 heavy (non-hydrogen) atoms. The second-order valence-electron chi connectivity index (χ2n) is 6.28. The number of halogens is 1. The third kappa shape index (κ3) is 5.53. The first-order chi connectivity index (χ1) is 11.9. The third-order valence-electron chi connectivity index (χ3n) is 3.86. The highest BCUT2D eigenvalue weighted by atomic mass is 19.1. The van der Waals surface area contributed by atoms with Crippen LogP contribution in [-0.4, -0.2) is 29.1 Å². The topological polar surface area (TPSA) is 74.2 Å². The minimum Gasteiger partial charge on any atom is -0.390 e. The van der Waals surface area contributed by atoms with Gasteiger partial charge in [0.2, 0.25) is 5.91 Å². The van der Waals surface area contributed by atoms with E-state index in [-0.39, 0.29) is 24.2 Å². The van der Waals surface area contributed by atoms with Gasteiger partial charge in [-0.3, -0.25) is 9.78 Å². The molecule has 1 unspecified atom stereocenters. The fraction of sp³-hybridized carbons (Fsp3) is 0.368. The van der Waals surface area contributed by atoms with Gasteiger partial charge in [-0.1, -0.05) is 19.1 Å². The molecule has 2 rings (SSSR count). The van der Waals surface area contributed by atoms with Gasteiger partial charge in [0.15, 0.2) is 0 Å². The Morgan fingerprint density at radius 2 is 2.04 bits per heavy atom. The van der Waals surface area contributed by atoms with Crippen LogP contribution in [0, 0.1) is 18.7 Å². The number of nitrogens with zero attached hydrogens (tertiary/aromatic N) is 1. The molecule has 0 saturated heterocycles. The van der Waals surface area contributed by atoms with Crippen LogP contribution in [-0.2, 0) is 11.4 Å². The molecule has 0 aliphatic heterocycles. The summed E-state index contributed by atoms with van der Waals surface area (Å²) >= 11 is 0. The predicted molar refractivity (Wildman–Crippen MR) is 96.6 cm³/mol. The molecular weight excluding hydrogens is 321 g/mol. The molecule has 0 saturated carbocycles. The normalized spacial score (nSPS) is 11.9. The lowest BCUT2D eigenvalue weighted by atomic mass is 10.1. The molecule has 1 aromatic heterocycles. The summed E-state index contributed by atoms with van der Waals surface area (Å²) in [4.78, 5) is 15.3. The molecule has 134 valence electrons. The number of rotatable bonds is 7. The van der Waals surface area contributed by atoms with Crippen molar-refractivity contribution in [3.05, 3.63) is 47.4 Å². The van der Waals surface area contributed by atoms with Crippen molar-refractivity contribution in [1.82, 2.24) is 10.3 Å². The van der Waals surface area contributed by atoms with Gasteiger partial charge in [-0.15, -0.1) is 0 Å². The number of nitrogens with one attached hydrogen (secondary N) is 2. The van der Waals surface area contributed by atoms with Crippen LogP contribution in [0.25, 0.3) is 11.3 Å². The van der Waals surface area contributed by atoms with E-state index in [0.29, 0.717) is 35.6 Å². The van der Waals surface area contributed by atoms with E-state index in [9.17, 15) is 14.3 Å². The summed E-state index contributed by atoms with van der Waals surface area (Å²) in [6.45, 7) is 6.25. The minimum absolute atomic E-state index is 0.0537. The Hall–Kier alpha value is -2.47. The summed E-state index contributed by atoms with van der Waals surface area (Å²) in [5, 5.41) is 15.5. The maximum absolute atomic E-state index is 13.8. The van der Waals surface area contributed by atoms with Crippen molar-refractivity contribution in [2.45, 2.75) is 27.4 Å². The largest absolute Gasteiger partial charge is 0.390 e. The van der Waals surface area contributed by atoms with Gasteiger partial charge in [0, 0.05) is 31.3 Å². The van der Waals surface area contributed by atoms with Crippen LogP contribution in [0.1, 0.15) is 25.1 Å². The number of carbonyl (C=O) groups is 1. The van der Waals surface area contributed by atoms with Crippen LogP contribution >= 0.6 is 0 Å². The fourth-order valence-electron chi connectivity index (χ4n) is 2.35. The first-order valence-corrected chi connectivity index (χ1v) is 8.25. The lowest BCUT2D eigenvalue weighted by molar-refractivity contribution is -0.119. The smallest absolute Gasteiger partial charge is 0.216 e. The Kier molecular flexibility index (Phi) is 6.47. The summed E-state index contributed by atoms with van der Waals surface area (Å²) in [5.41, 5.74) is 3.14. The average molecular weight is 345 g/mol. The number of hydrogen-bond donors (Lipinski definition) is 3. The number of anilines is 1. The van der Waals surface area contributed by atoms with Gasteiger partial charge in [-0.25, -0.2) is 4.39 Å². The average Bonchev–Trinajstić information content (AvgIpc) is 2.60. The summed E-state index contributed by atoms with van der Waals surface area (Å²) < 4.78 is 13.8. The molecule has 6 heteroatoms. The van der Waals surface area contributed by atoms with Crippen molar-refractivity contribution in [2.75, 3.05) is 18.4 Å². The second kappa shape index (κ2) is 8.58. The molecule has 0 aliphatic rings. The Morgan fingerprint density at radius 1 is 1.28 bits per heavy atom. The first kappa shape index (κ1) is 18.9. The van der Waals surface area contributed by atoms with E-state index < -0.39 is 0 Å². The van der Waals surface area contributed by atoms with E-state index >= 15 is 0 Å². The molecule has 0 bridgehead atoms. The van der Waals surface area contributed by atoms with Gasteiger partial charge in [0.1, 0.15) is 5.82 Å². The number of pyridine rings is 1. The molecule has 3 N–H and O–H groups in total. The molecule has 1 aromatic carbocycles. The van der Waals surface area contributed by atoms with Crippen LogP contribution in [0.15, 0.2) is 30.3 Å². The SMILES string of the molecule is CC(=O)NCC(C)CNc1cc(CO)nc(-c2ccc(C)c(F)c2)c1. The van der Waals surface area contributed by atoms with E-state index in [1.54, 1.807) is 19.1 Å². The van der Waals surface area contributed by atoms with Crippen molar-refractivity contribution < 1.29 is 14.3 Å². The van der Waals surface area contributed by atoms with E-state index in [4.69, 9.17) is 0 Å². The van der Waals surface area contributed by atoms with Crippen LogP contribution < -0.4 is 10.6 Å². The highest BCUT2D eigenvalue weighted by molar-refractivity contribution is 5.72. The zero-order valence-electron chi connectivity index (χ0n) is 14.8. The Balaban J connectivity index is 2.16. The molecule has 5 nitrogen and oxygen atoms in total. The number of hydrogen-bond acceptors (Lipinski definition) is 4. The summed E-state index contributed by atoms with van der Waals surface area (Å²) in [5.74, 6) is -0.107. The summed E-state index contributed by atoms with van der Waals surface area (Å²) in [7, 11) is 0. The number of benzene rings is 1. The zero-order valence-corrected chi connectivity index (χ0v) is 14.8. The Morgan fingerprint density at radius 3 is 2.68 bits per heavy atom. The van der Waals surface area contributed by atoms with Crippen molar-refractivity contribution in [2.24, 2.45) is 5.92 Å². The number of aryl methyl sites for hydroxylation is 1. The molecular formula is C19H24FN3O2. The number of carbonyl (C=O) groups excluding carboxylic acids is 1. The molecule has 0 fully saturated rings. The van der Waals surface area contributed by atoms with E-state index in [1.165, 1.54) is 13.0 Å². The Labute approximate surface area is 147 Å². The lowest BCUT2D eigenvalue weighted by Gasteiger charge is -2.15. The van der Waals surface area contributed by atoms with Gasteiger partial charge < -0.3 is 15.7 Å². The summed E-state index contributed by atoms with van der Waals surface area (Å²) in [6, 6.07) is 8.56. The highest BCUT2D eigenvalue weighted by Crippen LogP contribution is 2.24. The van der Waals surface area contributed by atoms with E-state index in [2.05, 4.69) is 15.6 Å². The maximum Gasteiger partial charge on any atom is 0.216 e. The van der Waals surface area contributed by atoms with Gasteiger partial charge in [0.25, 0.3) is 0 Å². The van der Waals surface area contributed by atoms with E-state index in [0.717, 1.165) is 5.69 Å². The van der Waals surface area contributed by atoms with Crippen LogP contribution in [0.4, 0.5) is 10.1 Å². The predicted octanol–water partition coefficient (Wildman–Crippen LogP) is 2.87. The van der Waals surface area contributed by atoms with Crippen molar-refractivity contribution in [3.8, 4) is 11.3 Å². The molecule has 0 aliphatic carbocycles. The fourth-order valence-corrected chi connectivity index (χ4v) is 2.35. The molecule has 1 atom stereocenters. The van der Waals surface area contributed by atoms with Crippen LogP contribution in [0.3, 0.4) is 0 Å². The van der Waals surface area contributed by atoms with Gasteiger partial charge in [-0.2, -0.15) is 0 Å². The minimum atomic E-state index is -0.285. The monoisotopic (exact) mass is 345 g/mol. The molecule has 0 spiro atoms. The molecule has 2 aromatic rings. The maximum atomic E-state index is 13.8. The van der Waals surface area contributed by atoms with Crippen molar-refractivity contribution in [1.29, 1.82) is 0 Å². The number of aromatic nitrogens is 1. The highest BCUT2D eigenvalue weighted by Gasteiger charge is 2.09. The Bertz CT molecular complexity index is 749. The van der Waals surface area contributed by atoms with Crippen molar-refractivity contribution >= 4 is 11.6 Å². The van der Waals surface area contributed by atoms with Crippen LogP contribution in [0.5, 0.6) is 0 Å².